The summed E-state index contributed by atoms with van der Waals surface area (Å²) in [5, 5.41) is 0. The first-order valence-electron chi connectivity index (χ1n) is 6.43. The number of likely N-dealkylation sites (N-methyl/N-ethyl adjacent to an activating group) is 2. The normalized spacial score (nSPS) is 10.7. The molecule has 4 heteroatoms. The minimum Gasteiger partial charge on any atom is -0.399 e. The molecular formula is C14H23N3O. The summed E-state index contributed by atoms with van der Waals surface area (Å²) in [7, 11) is 1.80. The summed E-state index contributed by atoms with van der Waals surface area (Å²) in [6.45, 7) is 6.52. The number of nitrogens with two attached hydrogens (primary N) is 1. The highest BCUT2D eigenvalue weighted by molar-refractivity contribution is 5.94. The van der Waals surface area contributed by atoms with Crippen molar-refractivity contribution in [2.24, 2.45) is 0 Å². The first kappa shape index (κ1) is 14.5. The topological polar surface area (TPSA) is 49.6 Å². The fraction of sp³-hybridized carbons (Fsp3) is 0.500. The van der Waals surface area contributed by atoms with Crippen molar-refractivity contribution in [2.75, 3.05) is 37.3 Å². The second-order valence-electron chi connectivity index (χ2n) is 4.41. The number of amides is 1. The van der Waals surface area contributed by atoms with Gasteiger partial charge in [0.15, 0.2) is 0 Å². The number of nitrogen functional groups attached to an aromatic ring is 1. The van der Waals surface area contributed by atoms with Crippen LogP contribution in [0.2, 0.25) is 0 Å². The smallest absolute Gasteiger partial charge is 0.240 e. The van der Waals surface area contributed by atoms with E-state index in [1.807, 2.05) is 24.3 Å². The van der Waals surface area contributed by atoms with Crippen LogP contribution in [0.1, 0.15) is 20.3 Å². The second kappa shape index (κ2) is 7.01. The number of carbonyl (C=O) groups is 1. The van der Waals surface area contributed by atoms with Crippen molar-refractivity contribution in [3.05, 3.63) is 24.3 Å². The summed E-state index contributed by atoms with van der Waals surface area (Å²) in [5.74, 6) is 0.107. The van der Waals surface area contributed by atoms with E-state index in [2.05, 4.69) is 18.7 Å². The molecule has 0 unspecified atom stereocenters. The molecule has 0 aliphatic heterocycles. The van der Waals surface area contributed by atoms with E-state index < -0.39 is 0 Å². The number of hydrogen-bond acceptors (Lipinski definition) is 3. The van der Waals surface area contributed by atoms with Gasteiger partial charge in [0.25, 0.3) is 0 Å². The van der Waals surface area contributed by atoms with Gasteiger partial charge in [0.05, 0.1) is 6.54 Å². The summed E-state index contributed by atoms with van der Waals surface area (Å²) >= 11 is 0. The summed E-state index contributed by atoms with van der Waals surface area (Å²) < 4.78 is 0. The van der Waals surface area contributed by atoms with E-state index in [4.69, 9.17) is 5.73 Å². The van der Waals surface area contributed by atoms with E-state index in [9.17, 15) is 4.79 Å². The van der Waals surface area contributed by atoms with E-state index in [1.54, 1.807) is 11.9 Å². The Morgan fingerprint density at radius 3 is 2.33 bits per heavy atom. The molecule has 1 amide bonds. The molecule has 0 aliphatic rings. The fourth-order valence-electron chi connectivity index (χ4n) is 1.80. The van der Waals surface area contributed by atoms with Gasteiger partial charge in [0.1, 0.15) is 0 Å². The van der Waals surface area contributed by atoms with Crippen LogP contribution in [0.3, 0.4) is 0 Å². The fourth-order valence-corrected chi connectivity index (χ4v) is 1.80. The minimum atomic E-state index is 0.107. The lowest BCUT2D eigenvalue weighted by atomic mass is 10.2. The van der Waals surface area contributed by atoms with Crippen LogP contribution in [0, 0.1) is 0 Å². The molecule has 0 fully saturated rings. The molecule has 100 valence electrons. The number of nitrogens with zero attached hydrogens (tertiary/aromatic N) is 2. The zero-order chi connectivity index (χ0) is 13.5. The van der Waals surface area contributed by atoms with Crippen molar-refractivity contribution >= 4 is 17.3 Å². The van der Waals surface area contributed by atoms with E-state index in [1.165, 1.54) is 0 Å². The number of benzene rings is 1. The Labute approximate surface area is 109 Å². The molecular weight excluding hydrogens is 226 g/mol. The third-order valence-corrected chi connectivity index (χ3v) is 3.00. The maximum Gasteiger partial charge on any atom is 0.240 e. The average Bonchev–Trinajstić information content (AvgIpc) is 2.38. The second-order valence-corrected chi connectivity index (χ2v) is 4.41. The first-order chi connectivity index (χ1) is 8.58. The van der Waals surface area contributed by atoms with Gasteiger partial charge in [0, 0.05) is 18.4 Å². The number of hydrogen-bond donors (Lipinski definition) is 1. The standard InChI is InChI=1S/C14H23N3O/c1-4-10-17(5-2)11-14(18)16(3)13-8-6-12(15)7-9-13/h6-9H,4-5,10-11,15H2,1-3H3. The molecule has 2 N–H and O–H groups in total. The SMILES string of the molecule is CCCN(CC)CC(=O)N(C)c1ccc(N)cc1. The van der Waals surface area contributed by atoms with Gasteiger partial charge in [-0.2, -0.15) is 0 Å². The van der Waals surface area contributed by atoms with E-state index in [-0.39, 0.29) is 5.91 Å². The molecule has 0 atom stereocenters. The third kappa shape index (κ3) is 4.04. The van der Waals surface area contributed by atoms with Gasteiger partial charge in [-0.15, -0.1) is 0 Å². The Bertz CT molecular complexity index is 375. The molecule has 0 heterocycles. The van der Waals surface area contributed by atoms with E-state index in [0.29, 0.717) is 12.2 Å². The largest absolute Gasteiger partial charge is 0.399 e. The van der Waals surface area contributed by atoms with Crippen LogP contribution in [-0.4, -0.2) is 37.5 Å². The van der Waals surface area contributed by atoms with Crippen LogP contribution in [-0.2, 0) is 4.79 Å². The van der Waals surface area contributed by atoms with Crippen LogP contribution in [0.25, 0.3) is 0 Å². The maximum atomic E-state index is 12.1. The van der Waals surface area contributed by atoms with Crippen LogP contribution < -0.4 is 10.6 Å². The Kier molecular flexibility index (Phi) is 5.65. The molecule has 0 bridgehead atoms. The van der Waals surface area contributed by atoms with Gasteiger partial charge >= 0.3 is 0 Å². The molecule has 1 aromatic rings. The van der Waals surface area contributed by atoms with Crippen molar-refractivity contribution in [2.45, 2.75) is 20.3 Å². The van der Waals surface area contributed by atoms with Crippen molar-refractivity contribution < 1.29 is 4.79 Å². The minimum absolute atomic E-state index is 0.107. The monoisotopic (exact) mass is 249 g/mol. The van der Waals surface area contributed by atoms with Crippen molar-refractivity contribution in [3.8, 4) is 0 Å². The summed E-state index contributed by atoms with van der Waals surface area (Å²) in [6, 6.07) is 7.35. The predicted octanol–water partition coefficient (Wildman–Crippen LogP) is 1.96. The van der Waals surface area contributed by atoms with Crippen molar-refractivity contribution in [3.63, 3.8) is 0 Å². The van der Waals surface area contributed by atoms with Gasteiger partial charge in [-0.05, 0) is 43.8 Å². The van der Waals surface area contributed by atoms with Gasteiger partial charge in [-0.25, -0.2) is 0 Å². The van der Waals surface area contributed by atoms with E-state index >= 15 is 0 Å². The van der Waals surface area contributed by atoms with Crippen LogP contribution in [0.5, 0.6) is 0 Å². The molecule has 0 saturated heterocycles. The molecule has 0 radical (unpaired) electrons. The van der Waals surface area contributed by atoms with Gasteiger partial charge in [0.2, 0.25) is 5.91 Å². The molecule has 0 aromatic heterocycles. The van der Waals surface area contributed by atoms with Gasteiger partial charge < -0.3 is 10.6 Å². The van der Waals surface area contributed by atoms with E-state index in [0.717, 1.165) is 25.2 Å². The Balaban J connectivity index is 2.63. The summed E-state index contributed by atoms with van der Waals surface area (Å²) in [5.41, 5.74) is 7.22. The summed E-state index contributed by atoms with van der Waals surface area (Å²) in [4.78, 5) is 16.0. The predicted molar refractivity (Wildman–Crippen MR) is 76.7 cm³/mol. The highest BCUT2D eigenvalue weighted by Crippen LogP contribution is 2.15. The Morgan fingerprint density at radius 1 is 1.22 bits per heavy atom. The lowest BCUT2D eigenvalue weighted by molar-refractivity contribution is -0.119. The average molecular weight is 249 g/mol. The van der Waals surface area contributed by atoms with Crippen molar-refractivity contribution in [1.29, 1.82) is 0 Å². The lowest BCUT2D eigenvalue weighted by Gasteiger charge is -2.23. The quantitative estimate of drug-likeness (QED) is 0.784. The van der Waals surface area contributed by atoms with Crippen LogP contribution >= 0.6 is 0 Å². The van der Waals surface area contributed by atoms with Crippen LogP contribution in [0.4, 0.5) is 11.4 Å². The highest BCUT2D eigenvalue weighted by atomic mass is 16.2. The maximum absolute atomic E-state index is 12.1. The molecule has 0 saturated carbocycles. The summed E-state index contributed by atoms with van der Waals surface area (Å²) in [6.07, 6.45) is 1.06. The molecule has 0 aliphatic carbocycles. The molecule has 1 rings (SSSR count). The molecule has 1 aromatic carbocycles. The number of carbonyl (C=O) groups excluding carboxylic acids is 1. The van der Waals surface area contributed by atoms with Gasteiger partial charge in [-0.1, -0.05) is 13.8 Å². The number of anilines is 2. The van der Waals surface area contributed by atoms with Crippen molar-refractivity contribution in [1.82, 2.24) is 4.90 Å². The van der Waals surface area contributed by atoms with Crippen LogP contribution in [0.15, 0.2) is 24.3 Å². The zero-order valence-corrected chi connectivity index (χ0v) is 11.5. The lowest BCUT2D eigenvalue weighted by Crippen LogP contribution is -2.38. The Hall–Kier alpha value is -1.55. The first-order valence-corrected chi connectivity index (χ1v) is 6.43. The molecule has 18 heavy (non-hydrogen) atoms. The van der Waals surface area contributed by atoms with Gasteiger partial charge in [-0.3, -0.25) is 9.69 Å². The molecule has 0 spiro atoms. The highest BCUT2D eigenvalue weighted by Gasteiger charge is 2.14. The number of rotatable bonds is 6. The third-order valence-electron chi connectivity index (χ3n) is 3.00. The zero-order valence-electron chi connectivity index (χ0n) is 11.5. The Morgan fingerprint density at radius 2 is 1.83 bits per heavy atom. The molecule has 4 nitrogen and oxygen atoms in total.